The number of ether oxygens (including phenoxy) is 1. The van der Waals surface area contributed by atoms with Gasteiger partial charge >= 0.3 is 5.97 Å². The van der Waals surface area contributed by atoms with Crippen LogP contribution in [0.5, 0.6) is 5.75 Å². The Morgan fingerprint density at radius 3 is 3.14 bits per heavy atom. The number of hydrogen-bond donors (Lipinski definition) is 2. The van der Waals surface area contributed by atoms with Crippen molar-refractivity contribution < 1.29 is 14.6 Å². The molecule has 2 aromatic heterocycles. The lowest BCUT2D eigenvalue weighted by Gasteiger charge is -2.32. The first-order chi connectivity index (χ1) is 9.98. The first-order valence-electron chi connectivity index (χ1n) is 6.26. The van der Waals surface area contributed by atoms with E-state index in [1.807, 2.05) is 6.07 Å². The van der Waals surface area contributed by atoms with Gasteiger partial charge in [0.2, 0.25) is 5.72 Å². The first-order valence-corrected chi connectivity index (χ1v) is 7.06. The Morgan fingerprint density at radius 2 is 2.38 bits per heavy atom. The Hall–Kier alpha value is -2.15. The zero-order chi connectivity index (χ0) is 15.0. The molecule has 0 spiro atoms. The topological polar surface area (TPSA) is 87.6 Å². The largest absolute Gasteiger partial charge is 0.481 e. The Kier molecular flexibility index (Phi) is 3.29. The fourth-order valence-corrected chi connectivity index (χ4v) is 2.79. The number of aliphatic imine (C=N–C) groups is 1. The summed E-state index contributed by atoms with van der Waals surface area (Å²) >= 11 is 3.26. The molecule has 0 aliphatic carbocycles. The number of halogens is 1. The van der Waals surface area contributed by atoms with Crippen LogP contribution in [0.2, 0.25) is 0 Å². The van der Waals surface area contributed by atoms with Gasteiger partial charge in [-0.2, -0.15) is 0 Å². The summed E-state index contributed by atoms with van der Waals surface area (Å²) in [7, 11) is 0. The summed E-state index contributed by atoms with van der Waals surface area (Å²) < 4.78 is 6.38. The average Bonchev–Trinajstić information content (AvgIpc) is 2.84. The van der Waals surface area contributed by atoms with Crippen LogP contribution in [0.15, 0.2) is 41.7 Å². The maximum atomic E-state index is 11.4. The lowest BCUT2D eigenvalue weighted by Crippen LogP contribution is -2.44. The van der Waals surface area contributed by atoms with Gasteiger partial charge in [0.25, 0.3) is 0 Å². The van der Waals surface area contributed by atoms with E-state index in [4.69, 9.17) is 4.74 Å². The summed E-state index contributed by atoms with van der Waals surface area (Å²) in [6.45, 7) is 1.64. The number of carboxylic acids is 1. The van der Waals surface area contributed by atoms with E-state index in [9.17, 15) is 9.90 Å². The second kappa shape index (κ2) is 5.00. The van der Waals surface area contributed by atoms with Gasteiger partial charge in [-0.15, -0.1) is 0 Å². The highest BCUT2D eigenvalue weighted by Gasteiger charge is 2.42. The van der Waals surface area contributed by atoms with E-state index < -0.39 is 17.6 Å². The van der Waals surface area contributed by atoms with Crippen molar-refractivity contribution in [1.82, 2.24) is 9.97 Å². The molecule has 0 saturated heterocycles. The molecule has 2 atom stereocenters. The number of aliphatic carboxylic acids is 1. The maximum absolute atomic E-state index is 11.4. The van der Waals surface area contributed by atoms with Gasteiger partial charge in [0, 0.05) is 11.6 Å². The van der Waals surface area contributed by atoms with Gasteiger partial charge in [-0.1, -0.05) is 6.08 Å². The summed E-state index contributed by atoms with van der Waals surface area (Å²) in [5.41, 5.74) is -0.485. The van der Waals surface area contributed by atoms with Gasteiger partial charge in [0.1, 0.15) is 21.9 Å². The van der Waals surface area contributed by atoms with Crippen molar-refractivity contribution in [2.45, 2.75) is 12.6 Å². The molecule has 6 nitrogen and oxygen atoms in total. The van der Waals surface area contributed by atoms with Gasteiger partial charge in [-0.25, -0.2) is 9.98 Å². The number of allylic oxidation sites excluding steroid dienone is 1. The highest BCUT2D eigenvalue weighted by atomic mass is 79.9. The van der Waals surface area contributed by atoms with Crippen molar-refractivity contribution in [3.05, 3.63) is 36.7 Å². The number of pyridine rings is 1. The second-order valence-electron chi connectivity index (χ2n) is 4.85. The van der Waals surface area contributed by atoms with Crippen LogP contribution in [-0.2, 0) is 4.79 Å². The minimum Gasteiger partial charge on any atom is -0.481 e. The third-order valence-electron chi connectivity index (χ3n) is 3.30. The van der Waals surface area contributed by atoms with Crippen LogP contribution in [0, 0.1) is 5.92 Å². The number of nitrogens with zero attached hydrogens (tertiary/aromatic N) is 2. The van der Waals surface area contributed by atoms with Gasteiger partial charge in [0.05, 0.1) is 6.20 Å². The molecule has 1 aliphatic heterocycles. The lowest BCUT2D eigenvalue weighted by atomic mass is 9.95. The minimum absolute atomic E-state index is 0.468. The van der Waals surface area contributed by atoms with E-state index in [0.717, 1.165) is 11.0 Å². The Morgan fingerprint density at radius 1 is 1.57 bits per heavy atom. The van der Waals surface area contributed by atoms with Crippen molar-refractivity contribution in [1.29, 1.82) is 0 Å². The van der Waals surface area contributed by atoms with Crippen LogP contribution in [0.1, 0.15) is 6.92 Å². The van der Waals surface area contributed by atoms with Gasteiger partial charge in [-0.3, -0.25) is 4.79 Å². The fraction of sp³-hybridized carbons (Fsp3) is 0.214. The monoisotopic (exact) mass is 349 g/mol. The molecule has 2 unspecified atom stereocenters. The Labute approximate surface area is 128 Å². The molecule has 0 bridgehead atoms. The van der Waals surface area contributed by atoms with Crippen LogP contribution in [0.25, 0.3) is 11.0 Å². The third-order valence-corrected chi connectivity index (χ3v) is 3.74. The SMILES string of the molecule is CC1(Oc2cnc3[nH]ccc3c2)N=C(Br)C=CC1C(=O)O. The number of nitrogens with one attached hydrogen (secondary N) is 1. The lowest BCUT2D eigenvalue weighted by molar-refractivity contribution is -0.146. The molecular weight excluding hydrogens is 338 g/mol. The van der Waals surface area contributed by atoms with Crippen LogP contribution in [0.4, 0.5) is 0 Å². The van der Waals surface area contributed by atoms with E-state index in [1.165, 1.54) is 0 Å². The van der Waals surface area contributed by atoms with Gasteiger partial charge in [0.15, 0.2) is 0 Å². The molecule has 0 amide bonds. The first kappa shape index (κ1) is 13.8. The number of rotatable bonds is 3. The predicted molar refractivity (Wildman–Crippen MR) is 81.8 cm³/mol. The predicted octanol–water partition coefficient (Wildman–Crippen LogP) is 2.72. The number of dihydropyridines is 1. The molecule has 108 valence electrons. The van der Waals surface area contributed by atoms with Crippen molar-refractivity contribution in [2.75, 3.05) is 0 Å². The fourth-order valence-electron chi connectivity index (χ4n) is 2.28. The number of hydrogen-bond acceptors (Lipinski definition) is 4. The number of aromatic nitrogens is 2. The molecule has 2 N–H and O–H groups in total. The molecule has 3 rings (SSSR count). The molecule has 0 fully saturated rings. The summed E-state index contributed by atoms with van der Waals surface area (Å²) in [6, 6.07) is 3.66. The highest BCUT2D eigenvalue weighted by molar-refractivity contribution is 9.18. The van der Waals surface area contributed by atoms with E-state index in [2.05, 4.69) is 30.9 Å². The number of H-pyrrole nitrogens is 1. The van der Waals surface area contributed by atoms with Crippen LogP contribution in [-0.4, -0.2) is 31.4 Å². The number of aromatic amines is 1. The molecule has 21 heavy (non-hydrogen) atoms. The summed E-state index contributed by atoms with van der Waals surface area (Å²) in [5, 5.41) is 10.2. The summed E-state index contributed by atoms with van der Waals surface area (Å²) in [6.07, 6.45) is 6.49. The molecule has 0 aromatic carbocycles. The zero-order valence-electron chi connectivity index (χ0n) is 11.1. The summed E-state index contributed by atoms with van der Waals surface area (Å²) in [4.78, 5) is 22.9. The normalized spacial score (nSPS) is 24.9. The van der Waals surface area contributed by atoms with Crippen molar-refractivity contribution in [3.8, 4) is 5.75 Å². The van der Waals surface area contributed by atoms with Gasteiger partial charge < -0.3 is 14.8 Å². The molecular formula is C14H12BrN3O3. The molecule has 0 radical (unpaired) electrons. The number of carbonyl (C=O) groups is 1. The Bertz CT molecular complexity index is 768. The van der Waals surface area contributed by atoms with Crippen LogP contribution < -0.4 is 4.74 Å². The molecule has 1 aliphatic rings. The molecule has 7 heteroatoms. The standard InChI is InChI=1S/C14H12BrN3O3/c1-14(10(13(19)20)2-3-11(15)18-14)21-9-6-8-4-5-16-12(8)17-7-9/h2-7,10H,1H3,(H,16,17)(H,19,20). The second-order valence-corrected chi connectivity index (χ2v) is 5.67. The Balaban J connectivity index is 1.96. The average molecular weight is 350 g/mol. The molecule has 2 aromatic rings. The van der Waals surface area contributed by atoms with E-state index in [0.29, 0.717) is 10.4 Å². The van der Waals surface area contributed by atoms with Crippen molar-refractivity contribution >= 4 is 37.6 Å². The quantitative estimate of drug-likeness (QED) is 0.891. The minimum atomic E-state index is -1.23. The van der Waals surface area contributed by atoms with Crippen molar-refractivity contribution in [3.63, 3.8) is 0 Å². The van der Waals surface area contributed by atoms with Crippen LogP contribution >= 0.6 is 15.9 Å². The third kappa shape index (κ3) is 2.56. The number of fused-ring (bicyclic) bond motifs is 1. The van der Waals surface area contributed by atoms with Gasteiger partial charge in [-0.05, 0) is 41.1 Å². The van der Waals surface area contributed by atoms with E-state index in [-0.39, 0.29) is 0 Å². The van der Waals surface area contributed by atoms with Crippen molar-refractivity contribution in [2.24, 2.45) is 10.9 Å². The molecule has 3 heterocycles. The molecule has 0 saturated carbocycles. The highest BCUT2D eigenvalue weighted by Crippen LogP contribution is 2.32. The number of carboxylic acid groups (broad SMARTS) is 1. The summed E-state index contributed by atoms with van der Waals surface area (Å²) in [5.74, 6) is -1.40. The van der Waals surface area contributed by atoms with E-state index in [1.54, 1.807) is 37.5 Å². The zero-order valence-corrected chi connectivity index (χ0v) is 12.7. The van der Waals surface area contributed by atoms with Crippen LogP contribution in [0.3, 0.4) is 0 Å². The maximum Gasteiger partial charge on any atom is 0.316 e. The smallest absolute Gasteiger partial charge is 0.316 e. The van der Waals surface area contributed by atoms with E-state index >= 15 is 0 Å².